The topological polar surface area (TPSA) is 95.8 Å². The summed E-state index contributed by atoms with van der Waals surface area (Å²) in [5.74, 6) is -1.62. The number of nitrogens with zero attached hydrogens (tertiary/aromatic N) is 1. The minimum atomic E-state index is -1.14. The highest BCUT2D eigenvalue weighted by Gasteiger charge is 2.18. The van der Waals surface area contributed by atoms with Gasteiger partial charge >= 0.3 is 5.97 Å². The van der Waals surface area contributed by atoms with Gasteiger partial charge in [0.1, 0.15) is 17.9 Å². The molecule has 7 heteroatoms. The Kier molecular flexibility index (Phi) is 6.30. The van der Waals surface area contributed by atoms with Gasteiger partial charge in [-0.1, -0.05) is 12.1 Å². The van der Waals surface area contributed by atoms with Crippen molar-refractivity contribution in [1.29, 1.82) is 0 Å². The van der Waals surface area contributed by atoms with E-state index < -0.39 is 23.5 Å². The van der Waals surface area contributed by atoms with Crippen molar-refractivity contribution in [3.63, 3.8) is 0 Å². The lowest BCUT2D eigenvalue weighted by atomic mass is 10.1. The van der Waals surface area contributed by atoms with Crippen molar-refractivity contribution < 1.29 is 19.5 Å². The molecule has 2 N–H and O–H groups in total. The Morgan fingerprint density at radius 1 is 1.36 bits per heavy atom. The summed E-state index contributed by atoms with van der Waals surface area (Å²) in [6.45, 7) is 3.36. The minimum absolute atomic E-state index is 0.00654. The molecule has 0 heterocycles. The van der Waals surface area contributed by atoms with Crippen molar-refractivity contribution >= 4 is 37.0 Å². The Balaban J connectivity index is 2.78. The highest BCUT2D eigenvalue weighted by molar-refractivity contribution is 7.80. The summed E-state index contributed by atoms with van der Waals surface area (Å²) in [5, 5.41) is 11.2. The zero-order valence-electron chi connectivity index (χ0n) is 12.3. The van der Waals surface area contributed by atoms with Crippen molar-refractivity contribution in [1.82, 2.24) is 5.32 Å². The Morgan fingerprint density at radius 2 is 1.95 bits per heavy atom. The van der Waals surface area contributed by atoms with Gasteiger partial charge < -0.3 is 15.2 Å². The van der Waals surface area contributed by atoms with E-state index in [4.69, 9.17) is 5.11 Å². The van der Waals surface area contributed by atoms with Crippen LogP contribution in [0.4, 0.5) is 0 Å². The zero-order chi connectivity index (χ0) is 16.8. The highest BCUT2D eigenvalue weighted by atomic mass is 32.1. The van der Waals surface area contributed by atoms with Gasteiger partial charge in [0.2, 0.25) is 0 Å². The van der Waals surface area contributed by atoms with Crippen LogP contribution in [0.2, 0.25) is 0 Å². The number of hydrogen-bond donors (Lipinski definition) is 3. The molecular weight excluding hydrogens is 304 g/mol. The number of thiol groups is 1. The number of rotatable bonds is 7. The minimum Gasteiger partial charge on any atom is -0.480 e. The molecule has 6 nitrogen and oxygen atoms in total. The van der Waals surface area contributed by atoms with Gasteiger partial charge in [-0.2, -0.15) is 12.6 Å². The first-order valence-electron chi connectivity index (χ1n) is 6.55. The van der Waals surface area contributed by atoms with Gasteiger partial charge in [-0.3, -0.25) is 9.79 Å². The standard InChI is InChI=1S/C15H18N2O4S/c1-15(2,9-18)16-7-10-3-5-11(6-4-10)13(19)17-12(8-22)14(20)21/h3-7,9,12,22H,8H2,1-2H3,(H,17,19)(H,20,21). The second kappa shape index (κ2) is 7.74. The van der Waals surface area contributed by atoms with Gasteiger partial charge in [0.05, 0.1) is 0 Å². The van der Waals surface area contributed by atoms with Gasteiger partial charge in [0, 0.05) is 17.5 Å². The number of carbonyl (C=O) groups excluding carboxylic acids is 2. The third kappa shape index (κ3) is 5.33. The van der Waals surface area contributed by atoms with Crippen LogP contribution in [0.25, 0.3) is 0 Å². The van der Waals surface area contributed by atoms with Crippen LogP contribution in [0, 0.1) is 0 Å². The first-order valence-corrected chi connectivity index (χ1v) is 7.18. The van der Waals surface area contributed by atoms with Gasteiger partial charge in [0.25, 0.3) is 5.91 Å². The van der Waals surface area contributed by atoms with Crippen molar-refractivity contribution in [2.24, 2.45) is 4.99 Å². The van der Waals surface area contributed by atoms with E-state index in [1.807, 2.05) is 0 Å². The van der Waals surface area contributed by atoms with E-state index in [2.05, 4.69) is 22.9 Å². The normalized spacial score (nSPS) is 12.9. The molecule has 0 bridgehead atoms. The second-order valence-electron chi connectivity index (χ2n) is 5.20. The molecule has 0 saturated heterocycles. The van der Waals surface area contributed by atoms with Crippen LogP contribution < -0.4 is 5.32 Å². The van der Waals surface area contributed by atoms with Crippen LogP contribution in [0.15, 0.2) is 29.3 Å². The molecule has 0 saturated carbocycles. The smallest absolute Gasteiger partial charge is 0.327 e. The van der Waals surface area contributed by atoms with Gasteiger partial charge in [0.15, 0.2) is 0 Å². The number of aliphatic carboxylic acids is 1. The fourth-order valence-electron chi connectivity index (χ4n) is 1.42. The van der Waals surface area contributed by atoms with Crippen molar-refractivity contribution in [3.8, 4) is 0 Å². The lowest BCUT2D eigenvalue weighted by Crippen LogP contribution is -2.42. The van der Waals surface area contributed by atoms with Gasteiger partial charge in [-0.25, -0.2) is 4.79 Å². The van der Waals surface area contributed by atoms with Crippen molar-refractivity contribution in [3.05, 3.63) is 35.4 Å². The molecule has 118 valence electrons. The summed E-state index contributed by atoms with van der Waals surface area (Å²) < 4.78 is 0. The van der Waals surface area contributed by atoms with E-state index in [-0.39, 0.29) is 5.75 Å². The maximum absolute atomic E-state index is 11.9. The van der Waals surface area contributed by atoms with E-state index in [1.54, 1.807) is 44.3 Å². The van der Waals surface area contributed by atoms with Crippen LogP contribution in [0.1, 0.15) is 29.8 Å². The summed E-state index contributed by atoms with van der Waals surface area (Å²) in [5.41, 5.74) is 0.271. The van der Waals surface area contributed by atoms with Crippen molar-refractivity contribution in [2.45, 2.75) is 25.4 Å². The van der Waals surface area contributed by atoms with E-state index >= 15 is 0 Å². The van der Waals surface area contributed by atoms with Crippen LogP contribution in [-0.4, -0.2) is 46.8 Å². The fraction of sp³-hybridized carbons (Fsp3) is 0.333. The monoisotopic (exact) mass is 322 g/mol. The highest BCUT2D eigenvalue weighted by Crippen LogP contribution is 2.07. The second-order valence-corrected chi connectivity index (χ2v) is 5.56. The Hall–Kier alpha value is -2.15. The molecule has 0 fully saturated rings. The number of aliphatic imine (C=N–C) groups is 1. The summed E-state index contributed by atoms with van der Waals surface area (Å²) in [7, 11) is 0. The zero-order valence-corrected chi connectivity index (χ0v) is 13.2. The molecule has 1 atom stereocenters. The lowest BCUT2D eigenvalue weighted by molar-refractivity contribution is -0.138. The first-order chi connectivity index (χ1) is 10.3. The van der Waals surface area contributed by atoms with E-state index in [1.165, 1.54) is 0 Å². The number of benzene rings is 1. The quantitative estimate of drug-likeness (QED) is 0.399. The lowest BCUT2D eigenvalue weighted by Gasteiger charge is -2.12. The number of hydrogen-bond acceptors (Lipinski definition) is 5. The molecule has 1 unspecified atom stereocenters. The summed E-state index contributed by atoms with van der Waals surface area (Å²) in [6.07, 6.45) is 2.29. The molecule has 0 aromatic heterocycles. The van der Waals surface area contributed by atoms with E-state index in [9.17, 15) is 14.4 Å². The molecular formula is C15H18N2O4S. The fourth-order valence-corrected chi connectivity index (χ4v) is 1.67. The molecule has 0 aliphatic heterocycles. The SMILES string of the molecule is CC(C)(C=O)N=Cc1ccc(C(=O)NC(CS)C(=O)O)cc1. The largest absolute Gasteiger partial charge is 0.480 e. The first kappa shape index (κ1) is 17.9. The van der Waals surface area contributed by atoms with Crippen LogP contribution >= 0.6 is 12.6 Å². The van der Waals surface area contributed by atoms with Crippen LogP contribution in [0.5, 0.6) is 0 Å². The van der Waals surface area contributed by atoms with Gasteiger partial charge in [-0.15, -0.1) is 0 Å². The van der Waals surface area contributed by atoms with Crippen LogP contribution in [0.3, 0.4) is 0 Å². The van der Waals surface area contributed by atoms with Crippen molar-refractivity contribution in [2.75, 3.05) is 5.75 Å². The molecule has 0 aliphatic rings. The number of carbonyl (C=O) groups is 3. The Morgan fingerprint density at radius 3 is 2.41 bits per heavy atom. The van der Waals surface area contributed by atoms with E-state index in [0.29, 0.717) is 5.56 Å². The maximum atomic E-state index is 11.9. The van der Waals surface area contributed by atoms with E-state index in [0.717, 1.165) is 11.8 Å². The average Bonchev–Trinajstić information content (AvgIpc) is 2.50. The average molecular weight is 322 g/mol. The number of amides is 1. The molecule has 0 radical (unpaired) electrons. The predicted molar refractivity (Wildman–Crippen MR) is 86.9 cm³/mol. The molecule has 0 aliphatic carbocycles. The third-order valence-corrected chi connectivity index (χ3v) is 3.16. The molecule has 1 rings (SSSR count). The summed E-state index contributed by atoms with van der Waals surface area (Å²) >= 11 is 3.88. The Labute approximate surface area is 134 Å². The molecule has 0 spiro atoms. The van der Waals surface area contributed by atoms with Gasteiger partial charge in [-0.05, 0) is 31.5 Å². The third-order valence-electron chi connectivity index (χ3n) is 2.79. The number of carboxylic acids is 1. The number of carboxylic acid groups (broad SMARTS) is 1. The number of aldehydes is 1. The molecule has 1 aromatic carbocycles. The maximum Gasteiger partial charge on any atom is 0.327 e. The Bertz CT molecular complexity index is 582. The van der Waals surface area contributed by atoms with Crippen LogP contribution in [-0.2, 0) is 9.59 Å². The molecule has 1 amide bonds. The molecule has 22 heavy (non-hydrogen) atoms. The summed E-state index contributed by atoms with van der Waals surface area (Å²) in [6, 6.07) is 5.40. The molecule has 1 aromatic rings. The predicted octanol–water partition coefficient (Wildman–Crippen LogP) is 1.20. The number of nitrogens with one attached hydrogen (secondary N) is 1. The summed E-state index contributed by atoms with van der Waals surface area (Å²) in [4.78, 5) is 37.6.